The van der Waals surface area contributed by atoms with Gasteiger partial charge in [0.15, 0.2) is 0 Å². The van der Waals surface area contributed by atoms with Crippen LogP contribution in [-0.4, -0.2) is 68.5 Å². The Balaban J connectivity index is 1.66. The van der Waals surface area contributed by atoms with Crippen molar-refractivity contribution in [2.45, 2.75) is 6.04 Å². The molecule has 0 aliphatic carbocycles. The van der Waals surface area contributed by atoms with E-state index >= 15 is 0 Å². The van der Waals surface area contributed by atoms with Crippen molar-refractivity contribution >= 4 is 29.1 Å². The fourth-order valence-corrected chi connectivity index (χ4v) is 3.63. The van der Waals surface area contributed by atoms with Gasteiger partial charge in [0.25, 0.3) is 0 Å². The Hall–Kier alpha value is -2.68. The van der Waals surface area contributed by atoms with Crippen LogP contribution in [0, 0.1) is 5.82 Å². The fourth-order valence-electron chi connectivity index (χ4n) is 3.45. The van der Waals surface area contributed by atoms with Crippen molar-refractivity contribution in [1.29, 1.82) is 0 Å². The van der Waals surface area contributed by atoms with Crippen LogP contribution in [0.5, 0.6) is 5.75 Å². The van der Waals surface area contributed by atoms with E-state index in [-0.39, 0.29) is 23.3 Å². The number of halogens is 2. The minimum Gasteiger partial charge on any atom is -0.497 e. The molecule has 0 unspecified atom stereocenters. The van der Waals surface area contributed by atoms with Crippen LogP contribution in [0.25, 0.3) is 0 Å². The van der Waals surface area contributed by atoms with Crippen molar-refractivity contribution in [3.8, 4) is 5.75 Å². The van der Waals surface area contributed by atoms with Crippen LogP contribution in [-0.2, 0) is 9.59 Å². The van der Waals surface area contributed by atoms with Crippen molar-refractivity contribution in [1.82, 2.24) is 15.1 Å². The van der Waals surface area contributed by atoms with E-state index in [1.807, 2.05) is 24.3 Å². The first-order valence-electron chi connectivity index (χ1n) is 9.98. The molecule has 31 heavy (non-hydrogen) atoms. The van der Waals surface area contributed by atoms with Gasteiger partial charge < -0.3 is 20.3 Å². The first kappa shape index (κ1) is 23.0. The lowest BCUT2D eigenvalue weighted by atomic mass is 10.0. The van der Waals surface area contributed by atoms with E-state index in [1.165, 1.54) is 12.1 Å². The Kier molecular flexibility index (Phi) is 7.84. The molecule has 166 valence electrons. The Morgan fingerprint density at radius 3 is 2.39 bits per heavy atom. The number of nitrogens with one attached hydrogen (secondary N) is 2. The maximum atomic E-state index is 13.3. The molecule has 2 aromatic rings. The Morgan fingerprint density at radius 1 is 1.10 bits per heavy atom. The number of rotatable bonds is 6. The van der Waals surface area contributed by atoms with E-state index in [9.17, 15) is 14.0 Å². The number of anilines is 1. The largest absolute Gasteiger partial charge is 0.497 e. The molecule has 1 heterocycles. The monoisotopic (exact) mass is 448 g/mol. The molecule has 1 saturated heterocycles. The molecule has 7 nitrogen and oxygen atoms in total. The van der Waals surface area contributed by atoms with E-state index in [2.05, 4.69) is 27.5 Å². The molecular weight excluding hydrogens is 423 g/mol. The molecular formula is C22H26ClFN4O3. The second kappa shape index (κ2) is 10.6. The van der Waals surface area contributed by atoms with E-state index in [0.29, 0.717) is 0 Å². The van der Waals surface area contributed by atoms with E-state index in [0.717, 1.165) is 43.6 Å². The van der Waals surface area contributed by atoms with Crippen LogP contribution in [0.4, 0.5) is 10.1 Å². The number of piperazine rings is 1. The summed E-state index contributed by atoms with van der Waals surface area (Å²) in [6, 6.07) is 11.3. The smallest absolute Gasteiger partial charge is 0.313 e. The molecule has 0 bridgehead atoms. The lowest BCUT2D eigenvalue weighted by molar-refractivity contribution is -0.136. The summed E-state index contributed by atoms with van der Waals surface area (Å²) >= 11 is 5.72. The highest BCUT2D eigenvalue weighted by molar-refractivity contribution is 6.39. The predicted molar refractivity (Wildman–Crippen MR) is 118 cm³/mol. The quantitative estimate of drug-likeness (QED) is 0.664. The van der Waals surface area contributed by atoms with E-state index in [1.54, 1.807) is 7.11 Å². The van der Waals surface area contributed by atoms with Gasteiger partial charge in [-0.25, -0.2) is 4.39 Å². The van der Waals surface area contributed by atoms with Crippen LogP contribution in [0.3, 0.4) is 0 Å². The zero-order valence-corrected chi connectivity index (χ0v) is 18.3. The van der Waals surface area contributed by atoms with Gasteiger partial charge >= 0.3 is 11.8 Å². The molecule has 1 aliphatic heterocycles. The maximum absolute atomic E-state index is 13.3. The van der Waals surface area contributed by atoms with Gasteiger partial charge in [-0.15, -0.1) is 0 Å². The molecule has 2 amide bonds. The minimum absolute atomic E-state index is 0.0865. The number of amides is 2. The highest BCUT2D eigenvalue weighted by Crippen LogP contribution is 2.24. The average molecular weight is 449 g/mol. The summed E-state index contributed by atoms with van der Waals surface area (Å²) in [6.07, 6.45) is 0. The standard InChI is InChI=1S/C22H26ClFN4O3/c1-27-9-11-28(12-10-27)20(15-3-6-17(31-2)7-4-15)14-25-21(29)22(30)26-16-5-8-19(24)18(23)13-16/h3-8,13,20H,9-12,14H2,1-2H3,(H,25,29)(H,26,30)/t20-/m0/s1. The van der Waals surface area contributed by atoms with Crippen molar-refractivity contribution in [2.24, 2.45) is 0 Å². The lowest BCUT2D eigenvalue weighted by Crippen LogP contribution is -2.49. The van der Waals surface area contributed by atoms with Crippen LogP contribution >= 0.6 is 11.6 Å². The van der Waals surface area contributed by atoms with Crippen LogP contribution in [0.2, 0.25) is 5.02 Å². The zero-order chi connectivity index (χ0) is 22.4. The Bertz CT molecular complexity index is 917. The molecule has 1 fully saturated rings. The summed E-state index contributed by atoms with van der Waals surface area (Å²) < 4.78 is 18.5. The minimum atomic E-state index is -0.838. The van der Waals surface area contributed by atoms with Crippen molar-refractivity contribution in [3.05, 3.63) is 58.9 Å². The number of likely N-dealkylation sites (N-methyl/N-ethyl adjacent to an activating group) is 1. The molecule has 0 aromatic heterocycles. The number of ether oxygens (including phenoxy) is 1. The average Bonchev–Trinajstić information content (AvgIpc) is 2.77. The summed E-state index contributed by atoms with van der Waals surface area (Å²) in [4.78, 5) is 29.2. The van der Waals surface area contributed by atoms with Gasteiger partial charge in [-0.05, 0) is 42.9 Å². The number of methoxy groups -OCH3 is 1. The lowest BCUT2D eigenvalue weighted by Gasteiger charge is -2.38. The van der Waals surface area contributed by atoms with Crippen LogP contribution in [0.15, 0.2) is 42.5 Å². The van der Waals surface area contributed by atoms with Gasteiger partial charge in [-0.3, -0.25) is 14.5 Å². The van der Waals surface area contributed by atoms with Gasteiger partial charge in [0.2, 0.25) is 0 Å². The van der Waals surface area contributed by atoms with Gasteiger partial charge in [-0.1, -0.05) is 23.7 Å². The molecule has 1 aliphatic rings. The Labute approximate surface area is 186 Å². The molecule has 2 N–H and O–H groups in total. The number of hydrogen-bond donors (Lipinski definition) is 2. The number of benzene rings is 2. The molecule has 0 saturated carbocycles. The van der Waals surface area contributed by atoms with Crippen LogP contribution in [0.1, 0.15) is 11.6 Å². The summed E-state index contributed by atoms with van der Waals surface area (Å²) in [5.41, 5.74) is 1.27. The number of carbonyl (C=O) groups is 2. The van der Waals surface area contributed by atoms with Crippen molar-refractivity contribution < 1.29 is 18.7 Å². The summed E-state index contributed by atoms with van der Waals surface area (Å²) in [5, 5.41) is 5.02. The normalized spacial score (nSPS) is 15.9. The molecule has 2 aromatic carbocycles. The molecule has 9 heteroatoms. The maximum Gasteiger partial charge on any atom is 0.313 e. The van der Waals surface area contributed by atoms with Gasteiger partial charge in [0.1, 0.15) is 11.6 Å². The predicted octanol–water partition coefficient (Wildman–Crippen LogP) is 2.53. The fraction of sp³-hybridized carbons (Fsp3) is 0.364. The van der Waals surface area contributed by atoms with E-state index in [4.69, 9.17) is 16.3 Å². The number of hydrogen-bond acceptors (Lipinski definition) is 5. The molecule has 1 atom stereocenters. The third-order valence-electron chi connectivity index (χ3n) is 5.32. The molecule has 0 radical (unpaired) electrons. The zero-order valence-electron chi connectivity index (χ0n) is 17.5. The summed E-state index contributed by atoms with van der Waals surface area (Å²) in [5.74, 6) is -1.46. The molecule has 0 spiro atoms. The van der Waals surface area contributed by atoms with Gasteiger partial charge in [0.05, 0.1) is 18.2 Å². The van der Waals surface area contributed by atoms with Crippen molar-refractivity contribution in [2.75, 3.05) is 52.2 Å². The third-order valence-corrected chi connectivity index (χ3v) is 5.61. The summed E-state index contributed by atoms with van der Waals surface area (Å²) in [7, 11) is 3.69. The number of carbonyl (C=O) groups excluding carboxylic acids is 2. The SMILES string of the molecule is COc1ccc([C@H](CNC(=O)C(=O)Nc2ccc(F)c(Cl)c2)N2CCN(C)CC2)cc1. The third kappa shape index (κ3) is 6.16. The van der Waals surface area contributed by atoms with Gasteiger partial charge in [-0.2, -0.15) is 0 Å². The molecule has 3 rings (SSSR count). The topological polar surface area (TPSA) is 73.9 Å². The van der Waals surface area contributed by atoms with E-state index < -0.39 is 17.6 Å². The first-order valence-corrected chi connectivity index (χ1v) is 10.4. The number of nitrogens with zero attached hydrogens (tertiary/aromatic N) is 2. The second-order valence-electron chi connectivity index (χ2n) is 7.42. The van der Waals surface area contributed by atoms with Gasteiger partial charge in [0, 0.05) is 38.4 Å². The van der Waals surface area contributed by atoms with Crippen LogP contribution < -0.4 is 15.4 Å². The highest BCUT2D eigenvalue weighted by Gasteiger charge is 2.25. The summed E-state index contributed by atoms with van der Waals surface area (Å²) in [6.45, 7) is 3.82. The first-order chi connectivity index (χ1) is 14.9. The Morgan fingerprint density at radius 2 is 1.77 bits per heavy atom. The second-order valence-corrected chi connectivity index (χ2v) is 7.83. The van der Waals surface area contributed by atoms with Crippen molar-refractivity contribution in [3.63, 3.8) is 0 Å². The highest BCUT2D eigenvalue weighted by atomic mass is 35.5.